The molecule has 18 heavy (non-hydrogen) atoms. The fraction of sp³-hybridized carbons (Fsp3) is 0.333. The fourth-order valence-electron chi connectivity index (χ4n) is 1.44. The highest BCUT2D eigenvalue weighted by Crippen LogP contribution is 2.37. The third-order valence-electron chi connectivity index (χ3n) is 2.44. The Labute approximate surface area is 105 Å². The predicted molar refractivity (Wildman–Crippen MR) is 69.5 cm³/mol. The molecule has 0 aliphatic carbocycles. The molecule has 0 saturated carbocycles. The Balaban J connectivity index is 3.28. The third kappa shape index (κ3) is 2.91. The molecular formula is C12H16N2O4. The summed E-state index contributed by atoms with van der Waals surface area (Å²) < 4.78 is 10.1. The van der Waals surface area contributed by atoms with Crippen LogP contribution in [0.5, 0.6) is 11.5 Å². The van der Waals surface area contributed by atoms with Gasteiger partial charge in [-0.1, -0.05) is 6.08 Å². The molecule has 1 atom stereocenters. The van der Waals surface area contributed by atoms with Crippen molar-refractivity contribution < 1.29 is 14.4 Å². The molecule has 6 nitrogen and oxygen atoms in total. The molecule has 1 unspecified atom stereocenters. The van der Waals surface area contributed by atoms with Crippen LogP contribution in [0.25, 0.3) is 0 Å². The number of nitro benzene ring substituents is 1. The van der Waals surface area contributed by atoms with E-state index in [2.05, 4.69) is 11.9 Å². The number of anilines is 1. The first-order valence-electron chi connectivity index (χ1n) is 5.33. The molecule has 0 radical (unpaired) electrons. The second-order valence-corrected chi connectivity index (χ2v) is 3.65. The molecular weight excluding hydrogens is 236 g/mol. The van der Waals surface area contributed by atoms with Crippen molar-refractivity contribution in [1.29, 1.82) is 0 Å². The molecule has 0 heterocycles. The van der Waals surface area contributed by atoms with Gasteiger partial charge in [0.05, 0.1) is 25.2 Å². The Hall–Kier alpha value is -2.24. The van der Waals surface area contributed by atoms with E-state index in [1.54, 1.807) is 6.08 Å². The number of nitrogens with one attached hydrogen (secondary N) is 1. The highest BCUT2D eigenvalue weighted by molar-refractivity contribution is 5.69. The molecule has 98 valence electrons. The summed E-state index contributed by atoms with van der Waals surface area (Å²) in [5, 5.41) is 14.0. The first-order valence-corrected chi connectivity index (χ1v) is 5.33. The summed E-state index contributed by atoms with van der Waals surface area (Å²) in [4.78, 5) is 10.5. The lowest BCUT2D eigenvalue weighted by atomic mass is 10.2. The number of nitro groups is 1. The maximum Gasteiger partial charge on any atom is 0.296 e. The second-order valence-electron chi connectivity index (χ2n) is 3.65. The molecule has 0 fully saturated rings. The van der Waals surface area contributed by atoms with Crippen LogP contribution in [0.15, 0.2) is 24.8 Å². The number of methoxy groups -OCH3 is 2. The second kappa shape index (κ2) is 5.90. The quantitative estimate of drug-likeness (QED) is 0.478. The molecule has 0 aromatic heterocycles. The van der Waals surface area contributed by atoms with Crippen molar-refractivity contribution in [2.75, 3.05) is 19.5 Å². The Kier molecular flexibility index (Phi) is 4.53. The first-order chi connectivity index (χ1) is 8.53. The highest BCUT2D eigenvalue weighted by Gasteiger charge is 2.20. The third-order valence-corrected chi connectivity index (χ3v) is 2.44. The number of benzene rings is 1. The molecule has 0 saturated heterocycles. The van der Waals surface area contributed by atoms with Crippen LogP contribution in [-0.2, 0) is 0 Å². The minimum absolute atomic E-state index is 0.0682. The van der Waals surface area contributed by atoms with Crippen LogP contribution >= 0.6 is 0 Å². The van der Waals surface area contributed by atoms with Gasteiger partial charge in [0.1, 0.15) is 5.69 Å². The lowest BCUT2D eigenvalue weighted by molar-refractivity contribution is -0.384. The van der Waals surface area contributed by atoms with Crippen LogP contribution in [0.1, 0.15) is 6.92 Å². The number of nitrogens with zero attached hydrogens (tertiary/aromatic N) is 1. The summed E-state index contributed by atoms with van der Waals surface area (Å²) in [5.41, 5.74) is 0.298. The smallest absolute Gasteiger partial charge is 0.296 e. The van der Waals surface area contributed by atoms with E-state index in [1.165, 1.54) is 26.4 Å². The Morgan fingerprint density at radius 2 is 1.94 bits per heavy atom. The summed E-state index contributed by atoms with van der Waals surface area (Å²) >= 11 is 0. The molecule has 6 heteroatoms. The van der Waals surface area contributed by atoms with Gasteiger partial charge >= 0.3 is 0 Å². The minimum Gasteiger partial charge on any atom is -0.493 e. The van der Waals surface area contributed by atoms with Crippen LogP contribution in [-0.4, -0.2) is 25.2 Å². The van der Waals surface area contributed by atoms with E-state index in [4.69, 9.17) is 9.47 Å². The van der Waals surface area contributed by atoms with E-state index in [0.717, 1.165) is 0 Å². The standard InChI is InChI=1S/C12H16N2O4/c1-5-8(2)13-9-6-11(17-3)12(18-4)7-10(9)14(15)16/h5-8,13H,1H2,2-4H3. The first kappa shape index (κ1) is 13.8. The molecule has 0 bridgehead atoms. The SMILES string of the molecule is C=CC(C)Nc1cc(OC)c(OC)cc1[N+](=O)[O-]. The molecule has 1 N–H and O–H groups in total. The van der Waals surface area contributed by atoms with Crippen LogP contribution < -0.4 is 14.8 Å². The summed E-state index contributed by atoms with van der Waals surface area (Å²) in [6, 6.07) is 2.77. The Morgan fingerprint density at radius 3 is 2.39 bits per heavy atom. The van der Waals surface area contributed by atoms with Crippen molar-refractivity contribution in [3.8, 4) is 11.5 Å². The number of hydrogen-bond acceptors (Lipinski definition) is 5. The van der Waals surface area contributed by atoms with Crippen LogP contribution in [0, 0.1) is 10.1 Å². The summed E-state index contributed by atoms with van der Waals surface area (Å²) in [6.07, 6.45) is 1.65. The van der Waals surface area contributed by atoms with Crippen molar-refractivity contribution in [3.05, 3.63) is 34.9 Å². The zero-order valence-corrected chi connectivity index (χ0v) is 10.6. The maximum absolute atomic E-state index is 11.0. The fourth-order valence-corrected chi connectivity index (χ4v) is 1.44. The van der Waals surface area contributed by atoms with Gasteiger partial charge in [0.2, 0.25) is 0 Å². The Morgan fingerprint density at radius 1 is 1.39 bits per heavy atom. The number of rotatable bonds is 6. The average molecular weight is 252 g/mol. The largest absolute Gasteiger partial charge is 0.493 e. The van der Waals surface area contributed by atoms with Gasteiger partial charge in [0.25, 0.3) is 5.69 Å². The molecule has 0 aliphatic heterocycles. The molecule has 1 aromatic carbocycles. The van der Waals surface area contributed by atoms with Gasteiger partial charge in [-0.05, 0) is 6.92 Å². The summed E-state index contributed by atoms with van der Waals surface area (Å²) in [6.45, 7) is 5.46. The zero-order valence-electron chi connectivity index (χ0n) is 10.6. The van der Waals surface area contributed by atoms with Gasteiger partial charge in [-0.2, -0.15) is 0 Å². The van der Waals surface area contributed by atoms with Gasteiger partial charge in [-0.15, -0.1) is 6.58 Å². The summed E-state index contributed by atoms with van der Waals surface area (Å²) in [7, 11) is 2.91. The van der Waals surface area contributed by atoms with Crippen LogP contribution in [0.4, 0.5) is 11.4 Å². The van der Waals surface area contributed by atoms with E-state index in [-0.39, 0.29) is 11.7 Å². The molecule has 0 spiro atoms. The van der Waals surface area contributed by atoms with E-state index in [9.17, 15) is 10.1 Å². The van der Waals surface area contributed by atoms with Crippen LogP contribution in [0.3, 0.4) is 0 Å². The maximum atomic E-state index is 11.0. The zero-order chi connectivity index (χ0) is 13.7. The molecule has 0 amide bonds. The normalized spacial score (nSPS) is 11.5. The van der Waals surface area contributed by atoms with Gasteiger partial charge in [-0.3, -0.25) is 10.1 Å². The van der Waals surface area contributed by atoms with Crippen LogP contribution in [0.2, 0.25) is 0 Å². The topological polar surface area (TPSA) is 73.6 Å². The van der Waals surface area contributed by atoms with Crippen molar-refractivity contribution in [3.63, 3.8) is 0 Å². The van der Waals surface area contributed by atoms with Crippen molar-refractivity contribution in [1.82, 2.24) is 0 Å². The van der Waals surface area contributed by atoms with Gasteiger partial charge in [0.15, 0.2) is 11.5 Å². The highest BCUT2D eigenvalue weighted by atomic mass is 16.6. The lowest BCUT2D eigenvalue weighted by Gasteiger charge is -2.14. The van der Waals surface area contributed by atoms with E-state index >= 15 is 0 Å². The van der Waals surface area contributed by atoms with Gasteiger partial charge < -0.3 is 14.8 Å². The van der Waals surface area contributed by atoms with Gasteiger partial charge in [-0.25, -0.2) is 0 Å². The lowest BCUT2D eigenvalue weighted by Crippen LogP contribution is -2.13. The van der Waals surface area contributed by atoms with Crippen molar-refractivity contribution >= 4 is 11.4 Å². The minimum atomic E-state index is -0.472. The van der Waals surface area contributed by atoms with Gasteiger partial charge in [0, 0.05) is 12.1 Å². The predicted octanol–water partition coefficient (Wildman–Crippen LogP) is 2.60. The molecule has 1 rings (SSSR count). The number of ether oxygens (including phenoxy) is 2. The summed E-state index contributed by atoms with van der Waals surface area (Å²) in [5.74, 6) is 0.753. The van der Waals surface area contributed by atoms with E-state index < -0.39 is 4.92 Å². The van der Waals surface area contributed by atoms with E-state index in [0.29, 0.717) is 17.2 Å². The monoisotopic (exact) mass is 252 g/mol. The van der Waals surface area contributed by atoms with E-state index in [1.807, 2.05) is 6.92 Å². The average Bonchev–Trinajstić information content (AvgIpc) is 2.37. The van der Waals surface area contributed by atoms with Crippen molar-refractivity contribution in [2.45, 2.75) is 13.0 Å². The Bertz CT molecular complexity index is 460. The number of hydrogen-bond donors (Lipinski definition) is 1. The molecule has 1 aromatic rings. The molecule has 0 aliphatic rings. The van der Waals surface area contributed by atoms with Crippen molar-refractivity contribution in [2.24, 2.45) is 0 Å².